The topological polar surface area (TPSA) is 69.3 Å². The van der Waals surface area contributed by atoms with E-state index < -0.39 is 0 Å². The highest BCUT2D eigenvalue weighted by atomic mass is 16.5. The number of nitrogens with one attached hydrogen (secondary N) is 1. The molecule has 1 atom stereocenters. The minimum absolute atomic E-state index is 0.0686. The van der Waals surface area contributed by atoms with Crippen LogP contribution in [-0.4, -0.2) is 29.7 Å². The van der Waals surface area contributed by atoms with E-state index in [1.54, 1.807) is 0 Å². The third-order valence-electron chi connectivity index (χ3n) is 4.20. The molecule has 5 nitrogen and oxygen atoms in total. The lowest BCUT2D eigenvalue weighted by molar-refractivity contribution is -0.122. The second-order valence-corrected chi connectivity index (χ2v) is 5.93. The molecular weight excluding hydrogens is 254 g/mol. The SMILES string of the molecule is NC(c1ccn(CC(=O)NC2CCOCC2)c1)C1CC1. The molecule has 1 amide bonds. The van der Waals surface area contributed by atoms with Crippen LogP contribution in [0.1, 0.15) is 37.3 Å². The van der Waals surface area contributed by atoms with Crippen molar-refractivity contribution in [3.05, 3.63) is 24.0 Å². The Morgan fingerprint density at radius 1 is 1.40 bits per heavy atom. The average molecular weight is 277 g/mol. The Hall–Kier alpha value is -1.33. The molecule has 1 aliphatic carbocycles. The van der Waals surface area contributed by atoms with Crippen LogP contribution in [0.25, 0.3) is 0 Å². The third-order valence-corrected chi connectivity index (χ3v) is 4.20. The first-order valence-corrected chi connectivity index (χ1v) is 7.51. The van der Waals surface area contributed by atoms with E-state index in [1.807, 2.05) is 23.0 Å². The maximum Gasteiger partial charge on any atom is 0.240 e. The van der Waals surface area contributed by atoms with Crippen LogP contribution in [0, 0.1) is 5.92 Å². The highest BCUT2D eigenvalue weighted by Gasteiger charge is 2.29. The van der Waals surface area contributed by atoms with Gasteiger partial charge in [-0.2, -0.15) is 0 Å². The molecule has 1 unspecified atom stereocenters. The van der Waals surface area contributed by atoms with Gasteiger partial charge in [0.1, 0.15) is 6.54 Å². The number of carbonyl (C=O) groups excluding carboxylic acids is 1. The van der Waals surface area contributed by atoms with E-state index in [4.69, 9.17) is 10.5 Å². The summed E-state index contributed by atoms with van der Waals surface area (Å²) in [6.45, 7) is 1.86. The smallest absolute Gasteiger partial charge is 0.240 e. The van der Waals surface area contributed by atoms with Gasteiger partial charge in [-0.1, -0.05) is 0 Å². The van der Waals surface area contributed by atoms with Crippen LogP contribution in [-0.2, 0) is 16.1 Å². The van der Waals surface area contributed by atoms with Gasteiger partial charge in [0.2, 0.25) is 5.91 Å². The summed E-state index contributed by atoms with van der Waals surface area (Å²) in [5, 5.41) is 3.07. The lowest BCUT2D eigenvalue weighted by Crippen LogP contribution is -2.40. The molecule has 0 radical (unpaired) electrons. The average Bonchev–Trinajstić information content (AvgIpc) is 3.19. The summed E-state index contributed by atoms with van der Waals surface area (Å²) in [6.07, 6.45) is 8.24. The van der Waals surface area contributed by atoms with Crippen LogP contribution >= 0.6 is 0 Å². The van der Waals surface area contributed by atoms with Gasteiger partial charge in [0.15, 0.2) is 0 Å². The number of nitrogens with zero attached hydrogens (tertiary/aromatic N) is 1. The standard InChI is InChI=1S/C15H23N3O2/c16-15(11-1-2-11)12-3-6-18(9-12)10-14(19)17-13-4-7-20-8-5-13/h3,6,9,11,13,15H,1-2,4-5,7-8,10,16H2,(H,17,19). The molecule has 20 heavy (non-hydrogen) atoms. The van der Waals surface area contributed by atoms with Crippen LogP contribution in [0.5, 0.6) is 0 Å². The molecular formula is C15H23N3O2. The van der Waals surface area contributed by atoms with E-state index in [-0.39, 0.29) is 18.0 Å². The summed E-state index contributed by atoms with van der Waals surface area (Å²) in [7, 11) is 0. The maximum absolute atomic E-state index is 12.0. The van der Waals surface area contributed by atoms with Gasteiger partial charge in [0.25, 0.3) is 0 Å². The number of rotatable bonds is 5. The summed E-state index contributed by atoms with van der Waals surface area (Å²) in [5.74, 6) is 0.709. The molecule has 5 heteroatoms. The van der Waals surface area contributed by atoms with E-state index in [0.29, 0.717) is 12.5 Å². The van der Waals surface area contributed by atoms with Crippen LogP contribution in [0.15, 0.2) is 18.5 Å². The fourth-order valence-electron chi connectivity index (χ4n) is 2.76. The van der Waals surface area contributed by atoms with Crippen molar-refractivity contribution in [2.24, 2.45) is 11.7 Å². The Bertz CT molecular complexity index is 461. The van der Waals surface area contributed by atoms with Crippen molar-refractivity contribution < 1.29 is 9.53 Å². The predicted molar refractivity (Wildman–Crippen MR) is 76.1 cm³/mol. The Balaban J connectivity index is 1.50. The van der Waals surface area contributed by atoms with Gasteiger partial charge in [-0.3, -0.25) is 4.79 Å². The van der Waals surface area contributed by atoms with Gasteiger partial charge in [0.05, 0.1) is 0 Å². The second-order valence-electron chi connectivity index (χ2n) is 5.93. The minimum Gasteiger partial charge on any atom is -0.381 e. The lowest BCUT2D eigenvalue weighted by atomic mass is 10.1. The van der Waals surface area contributed by atoms with Gasteiger partial charge >= 0.3 is 0 Å². The molecule has 2 heterocycles. The molecule has 0 aromatic carbocycles. The van der Waals surface area contributed by atoms with E-state index in [2.05, 4.69) is 5.32 Å². The fraction of sp³-hybridized carbons (Fsp3) is 0.667. The van der Waals surface area contributed by atoms with Crippen molar-refractivity contribution >= 4 is 5.91 Å². The molecule has 110 valence electrons. The number of hydrogen-bond donors (Lipinski definition) is 2. The normalized spacial score (nSPS) is 21.6. The molecule has 1 aliphatic heterocycles. The van der Waals surface area contributed by atoms with Crippen LogP contribution in [0.3, 0.4) is 0 Å². The Labute approximate surface area is 119 Å². The monoisotopic (exact) mass is 277 g/mol. The number of aromatic nitrogens is 1. The first kappa shape index (κ1) is 13.6. The van der Waals surface area contributed by atoms with Gasteiger partial charge < -0.3 is 20.4 Å². The van der Waals surface area contributed by atoms with Gasteiger partial charge in [-0.25, -0.2) is 0 Å². The molecule has 1 aromatic heterocycles. The van der Waals surface area contributed by atoms with Crippen molar-refractivity contribution in [1.82, 2.24) is 9.88 Å². The van der Waals surface area contributed by atoms with Crippen molar-refractivity contribution in [3.63, 3.8) is 0 Å². The Morgan fingerprint density at radius 3 is 2.85 bits per heavy atom. The largest absolute Gasteiger partial charge is 0.381 e. The second kappa shape index (κ2) is 5.97. The zero-order chi connectivity index (χ0) is 13.9. The summed E-state index contributed by atoms with van der Waals surface area (Å²) in [4.78, 5) is 12.0. The Kier molecular flexibility index (Phi) is 4.08. The molecule has 3 rings (SSSR count). The highest BCUT2D eigenvalue weighted by molar-refractivity contribution is 5.76. The van der Waals surface area contributed by atoms with E-state index in [0.717, 1.165) is 31.6 Å². The fourth-order valence-corrected chi connectivity index (χ4v) is 2.76. The van der Waals surface area contributed by atoms with E-state index in [9.17, 15) is 4.79 Å². The van der Waals surface area contributed by atoms with Gasteiger partial charge in [0, 0.05) is 37.7 Å². The van der Waals surface area contributed by atoms with E-state index in [1.165, 1.54) is 12.8 Å². The molecule has 1 saturated carbocycles. The molecule has 2 aliphatic rings. The van der Waals surface area contributed by atoms with E-state index >= 15 is 0 Å². The Morgan fingerprint density at radius 2 is 2.15 bits per heavy atom. The minimum atomic E-state index is 0.0686. The molecule has 1 saturated heterocycles. The van der Waals surface area contributed by atoms with Crippen LogP contribution in [0.2, 0.25) is 0 Å². The molecule has 2 fully saturated rings. The quantitative estimate of drug-likeness (QED) is 0.849. The number of carbonyl (C=O) groups is 1. The third kappa shape index (κ3) is 3.41. The highest BCUT2D eigenvalue weighted by Crippen LogP contribution is 2.39. The van der Waals surface area contributed by atoms with Crippen LogP contribution in [0.4, 0.5) is 0 Å². The van der Waals surface area contributed by atoms with Crippen molar-refractivity contribution in [2.45, 2.75) is 44.3 Å². The lowest BCUT2D eigenvalue weighted by Gasteiger charge is -2.23. The summed E-state index contributed by atoms with van der Waals surface area (Å²) in [6, 6.07) is 2.43. The van der Waals surface area contributed by atoms with Crippen molar-refractivity contribution in [3.8, 4) is 0 Å². The molecule has 0 bridgehead atoms. The van der Waals surface area contributed by atoms with Crippen LogP contribution < -0.4 is 11.1 Å². The van der Waals surface area contributed by atoms with Gasteiger partial charge in [-0.15, -0.1) is 0 Å². The summed E-state index contributed by atoms with van der Waals surface area (Å²) in [5.41, 5.74) is 7.31. The number of hydrogen-bond acceptors (Lipinski definition) is 3. The van der Waals surface area contributed by atoms with Crippen molar-refractivity contribution in [2.75, 3.05) is 13.2 Å². The molecule has 1 aromatic rings. The zero-order valence-corrected chi connectivity index (χ0v) is 11.8. The number of ether oxygens (including phenoxy) is 1. The first-order valence-electron chi connectivity index (χ1n) is 7.51. The van der Waals surface area contributed by atoms with Crippen molar-refractivity contribution in [1.29, 1.82) is 0 Å². The zero-order valence-electron chi connectivity index (χ0n) is 11.8. The first-order chi connectivity index (χ1) is 9.72. The number of nitrogens with two attached hydrogens (primary N) is 1. The summed E-state index contributed by atoms with van der Waals surface area (Å²) >= 11 is 0. The number of amides is 1. The molecule has 0 spiro atoms. The maximum atomic E-state index is 12.0. The summed E-state index contributed by atoms with van der Waals surface area (Å²) < 4.78 is 7.21. The predicted octanol–water partition coefficient (Wildman–Crippen LogP) is 1.19. The molecule has 3 N–H and O–H groups in total. The van der Waals surface area contributed by atoms with Gasteiger partial charge in [-0.05, 0) is 43.2 Å².